The van der Waals surface area contributed by atoms with Gasteiger partial charge in [-0.15, -0.1) is 0 Å². The third kappa shape index (κ3) is 4.28. The Morgan fingerprint density at radius 2 is 1.07 bits per heavy atom. The number of ether oxygens (including phenoxy) is 1. The zero-order valence-electron chi connectivity index (χ0n) is 16.9. The van der Waals surface area contributed by atoms with Crippen LogP contribution in [0.1, 0.15) is 22.3 Å². The van der Waals surface area contributed by atoms with Crippen LogP contribution in [0.3, 0.4) is 0 Å². The van der Waals surface area contributed by atoms with Gasteiger partial charge in [0.05, 0.1) is 13.7 Å². The van der Waals surface area contributed by atoms with Gasteiger partial charge in [-0.1, -0.05) is 103 Å². The maximum atomic E-state index is 6.29. The second kappa shape index (κ2) is 9.66. The topological polar surface area (TPSA) is 18.5 Å². The van der Waals surface area contributed by atoms with Gasteiger partial charge < -0.3 is 8.92 Å². The third-order valence-electron chi connectivity index (χ3n) is 5.11. The van der Waals surface area contributed by atoms with Crippen LogP contribution in [-0.2, 0) is 15.5 Å². The molecule has 4 aromatic carbocycles. The van der Waals surface area contributed by atoms with E-state index in [1.807, 2.05) is 42.5 Å². The Morgan fingerprint density at radius 3 is 1.57 bits per heavy atom. The molecule has 0 heterocycles. The molecule has 0 aliphatic rings. The summed E-state index contributed by atoms with van der Waals surface area (Å²) >= 11 is 1.50. The van der Waals surface area contributed by atoms with Gasteiger partial charge in [-0.3, -0.25) is 0 Å². The third-order valence-corrected chi connectivity index (χ3v) is 6.30. The average molecular weight is 413 g/mol. The van der Waals surface area contributed by atoms with Crippen LogP contribution in [0.4, 0.5) is 0 Å². The van der Waals surface area contributed by atoms with E-state index in [1.54, 1.807) is 7.11 Å². The molecule has 30 heavy (non-hydrogen) atoms. The van der Waals surface area contributed by atoms with Gasteiger partial charge in [0.2, 0.25) is 0 Å². The van der Waals surface area contributed by atoms with Gasteiger partial charge in [0.15, 0.2) is 0 Å². The van der Waals surface area contributed by atoms with E-state index in [2.05, 4.69) is 72.8 Å². The standard InChI is InChI=1S/C27H24O2S/c1-28-26-19-17-25(18-20-26)27(23-13-7-3-8-14-23,24-15-9-4-10-16-24)30-29-21-22-11-5-2-6-12-22/h2-20H,21H2,1H3. The number of benzene rings is 4. The number of hydrogen-bond acceptors (Lipinski definition) is 3. The molecule has 2 nitrogen and oxygen atoms in total. The summed E-state index contributed by atoms with van der Waals surface area (Å²) in [5.41, 5.74) is 4.62. The monoisotopic (exact) mass is 412 g/mol. The summed E-state index contributed by atoms with van der Waals surface area (Å²) < 4.78 is 11.2. The molecule has 0 N–H and O–H groups in total. The maximum absolute atomic E-state index is 6.29. The Balaban J connectivity index is 1.80. The van der Waals surface area contributed by atoms with Crippen molar-refractivity contribution >= 4 is 12.0 Å². The second-order valence-corrected chi connectivity index (χ2v) is 7.99. The van der Waals surface area contributed by atoms with Crippen molar-refractivity contribution in [3.63, 3.8) is 0 Å². The van der Waals surface area contributed by atoms with Crippen LogP contribution in [0.5, 0.6) is 5.75 Å². The first kappa shape index (κ1) is 20.3. The quantitative estimate of drug-likeness (QED) is 0.233. The average Bonchev–Trinajstić information content (AvgIpc) is 2.84. The van der Waals surface area contributed by atoms with Crippen molar-refractivity contribution < 1.29 is 8.92 Å². The lowest BCUT2D eigenvalue weighted by Crippen LogP contribution is -2.26. The first-order valence-electron chi connectivity index (χ1n) is 9.93. The highest BCUT2D eigenvalue weighted by Gasteiger charge is 2.38. The summed E-state index contributed by atoms with van der Waals surface area (Å²) in [5, 5.41) is 0. The van der Waals surface area contributed by atoms with Gasteiger partial charge in [0, 0.05) is 12.0 Å². The van der Waals surface area contributed by atoms with E-state index in [0.29, 0.717) is 6.61 Å². The molecular weight excluding hydrogens is 388 g/mol. The predicted molar refractivity (Wildman–Crippen MR) is 125 cm³/mol. The van der Waals surface area contributed by atoms with E-state index in [0.717, 1.165) is 16.9 Å². The minimum Gasteiger partial charge on any atom is -0.497 e. The summed E-state index contributed by atoms with van der Waals surface area (Å²) in [6.07, 6.45) is 0. The zero-order chi connectivity index (χ0) is 20.7. The first-order valence-corrected chi connectivity index (χ1v) is 10.7. The Morgan fingerprint density at radius 1 is 0.600 bits per heavy atom. The fourth-order valence-electron chi connectivity index (χ4n) is 3.58. The van der Waals surface area contributed by atoms with Crippen LogP contribution in [0.25, 0.3) is 0 Å². The fraction of sp³-hybridized carbons (Fsp3) is 0.111. The van der Waals surface area contributed by atoms with Gasteiger partial charge in [-0.2, -0.15) is 0 Å². The summed E-state index contributed by atoms with van der Waals surface area (Å²) in [7, 11) is 1.69. The summed E-state index contributed by atoms with van der Waals surface area (Å²) in [5.74, 6) is 0.837. The highest BCUT2D eigenvalue weighted by atomic mass is 32.2. The normalized spacial score (nSPS) is 11.2. The van der Waals surface area contributed by atoms with Crippen molar-refractivity contribution in [3.8, 4) is 5.75 Å². The Hall–Kier alpha value is -3.01. The zero-order valence-corrected chi connectivity index (χ0v) is 17.7. The summed E-state index contributed by atoms with van der Waals surface area (Å²) in [4.78, 5) is 0. The van der Waals surface area contributed by atoms with Crippen LogP contribution in [0, 0.1) is 0 Å². The number of rotatable bonds is 8. The van der Waals surface area contributed by atoms with E-state index in [1.165, 1.54) is 23.2 Å². The van der Waals surface area contributed by atoms with Gasteiger partial charge in [0.25, 0.3) is 0 Å². The van der Waals surface area contributed by atoms with Crippen molar-refractivity contribution in [3.05, 3.63) is 138 Å². The van der Waals surface area contributed by atoms with Gasteiger partial charge in [-0.25, -0.2) is 0 Å². The molecule has 0 unspecified atom stereocenters. The SMILES string of the molecule is COc1ccc(C(SOCc2ccccc2)(c2ccccc2)c2ccccc2)cc1. The highest BCUT2D eigenvalue weighted by molar-refractivity contribution is 7.96. The predicted octanol–water partition coefficient (Wildman–Crippen LogP) is 6.85. The van der Waals surface area contributed by atoms with Crippen molar-refractivity contribution in [2.24, 2.45) is 0 Å². The van der Waals surface area contributed by atoms with Crippen molar-refractivity contribution in [1.82, 2.24) is 0 Å². The molecule has 0 aliphatic carbocycles. The lowest BCUT2D eigenvalue weighted by atomic mass is 9.84. The highest BCUT2D eigenvalue weighted by Crippen LogP contribution is 2.49. The molecule has 150 valence electrons. The largest absolute Gasteiger partial charge is 0.497 e. The molecule has 4 rings (SSSR count). The smallest absolute Gasteiger partial charge is 0.118 e. The Labute approximate surface area is 182 Å². The lowest BCUT2D eigenvalue weighted by molar-refractivity contribution is 0.357. The fourth-order valence-corrected chi connectivity index (χ4v) is 4.64. The Kier molecular flexibility index (Phi) is 6.53. The molecule has 0 radical (unpaired) electrons. The molecule has 0 saturated carbocycles. The van der Waals surface area contributed by atoms with E-state index in [9.17, 15) is 0 Å². The minimum absolute atomic E-state index is 0.510. The number of methoxy groups -OCH3 is 1. The molecule has 0 fully saturated rings. The van der Waals surface area contributed by atoms with Gasteiger partial charge in [0.1, 0.15) is 10.5 Å². The van der Waals surface area contributed by atoms with Crippen LogP contribution in [0.15, 0.2) is 115 Å². The summed E-state index contributed by atoms with van der Waals surface area (Å²) in [6.45, 7) is 0.531. The minimum atomic E-state index is -0.510. The van der Waals surface area contributed by atoms with Crippen molar-refractivity contribution in [1.29, 1.82) is 0 Å². The van der Waals surface area contributed by atoms with Gasteiger partial charge in [-0.05, 0) is 34.4 Å². The van der Waals surface area contributed by atoms with Crippen molar-refractivity contribution in [2.75, 3.05) is 7.11 Å². The molecule has 3 heteroatoms. The summed E-state index contributed by atoms with van der Waals surface area (Å²) in [6, 6.07) is 39.6. The second-order valence-electron chi connectivity index (χ2n) is 6.97. The lowest BCUT2D eigenvalue weighted by Gasteiger charge is -2.34. The Bertz CT molecular complexity index is 993. The molecule has 0 bridgehead atoms. The maximum Gasteiger partial charge on any atom is 0.118 e. The molecule has 0 aromatic heterocycles. The molecule has 0 amide bonds. The van der Waals surface area contributed by atoms with Crippen molar-refractivity contribution in [2.45, 2.75) is 11.4 Å². The van der Waals surface area contributed by atoms with E-state index >= 15 is 0 Å². The van der Waals surface area contributed by atoms with Gasteiger partial charge >= 0.3 is 0 Å². The molecule has 0 spiro atoms. The van der Waals surface area contributed by atoms with Crippen LogP contribution in [-0.4, -0.2) is 7.11 Å². The van der Waals surface area contributed by atoms with Crippen LogP contribution >= 0.6 is 12.0 Å². The van der Waals surface area contributed by atoms with E-state index < -0.39 is 4.75 Å². The first-order chi connectivity index (χ1) is 14.8. The molecule has 4 aromatic rings. The van der Waals surface area contributed by atoms with E-state index in [-0.39, 0.29) is 0 Å². The molecular formula is C27H24O2S. The van der Waals surface area contributed by atoms with Crippen LogP contribution in [0.2, 0.25) is 0 Å². The molecule has 0 atom stereocenters. The molecule has 0 aliphatic heterocycles. The number of hydrogen-bond donors (Lipinski definition) is 0. The van der Waals surface area contributed by atoms with Crippen LogP contribution < -0.4 is 4.74 Å². The molecule has 0 saturated heterocycles. The van der Waals surface area contributed by atoms with E-state index in [4.69, 9.17) is 8.92 Å².